The number of phenolic OH excluding ortho intramolecular Hbond substituents is 1. The summed E-state index contributed by atoms with van der Waals surface area (Å²) in [7, 11) is 0. The van der Waals surface area contributed by atoms with Crippen LogP contribution >= 0.6 is 23.2 Å². The van der Waals surface area contributed by atoms with E-state index in [9.17, 15) is 19.5 Å². The van der Waals surface area contributed by atoms with Crippen LogP contribution in [0.15, 0.2) is 77.9 Å². The van der Waals surface area contributed by atoms with Crippen molar-refractivity contribution in [3.63, 3.8) is 0 Å². The summed E-state index contributed by atoms with van der Waals surface area (Å²) in [6, 6.07) is 15.6. The van der Waals surface area contributed by atoms with E-state index in [0.717, 1.165) is 25.9 Å². The fourth-order valence-corrected chi connectivity index (χ4v) is 5.06. The second-order valence-electron chi connectivity index (χ2n) is 9.94. The summed E-state index contributed by atoms with van der Waals surface area (Å²) in [4.78, 5) is 43.3. The number of nitrogens with one attached hydrogen (secondary N) is 3. The van der Waals surface area contributed by atoms with Gasteiger partial charge in [0.1, 0.15) is 11.6 Å². The van der Waals surface area contributed by atoms with Crippen molar-refractivity contribution in [2.45, 2.75) is 25.5 Å². The summed E-state index contributed by atoms with van der Waals surface area (Å²) in [6.07, 6.45) is 5.23. The van der Waals surface area contributed by atoms with Crippen molar-refractivity contribution in [2.75, 3.05) is 30.3 Å². The third kappa shape index (κ3) is 7.60. The lowest BCUT2D eigenvalue weighted by atomic mass is 10.0. The summed E-state index contributed by atoms with van der Waals surface area (Å²) >= 11 is 11.9. The van der Waals surface area contributed by atoms with Crippen molar-refractivity contribution in [3.8, 4) is 16.9 Å². The first-order chi connectivity index (χ1) is 20.8. The number of aromatic hydroxyl groups is 1. The summed E-state index contributed by atoms with van der Waals surface area (Å²) < 4.78 is 7.57. The molecule has 0 bridgehead atoms. The fourth-order valence-electron chi connectivity index (χ4n) is 4.74. The SMILES string of the molecule is O=C(Nc1c(O)cc(Cl)cc1C(=O)Nc1ccc(Cl)cn1)c1ccc(-c2cccn(CCOC3CCNCC3)c2=O)cc1. The van der Waals surface area contributed by atoms with E-state index in [0.29, 0.717) is 29.3 Å². The van der Waals surface area contributed by atoms with E-state index >= 15 is 0 Å². The predicted molar refractivity (Wildman–Crippen MR) is 166 cm³/mol. The highest BCUT2D eigenvalue weighted by Gasteiger charge is 2.20. The third-order valence-electron chi connectivity index (χ3n) is 6.98. The number of ether oxygens (including phenoxy) is 1. The van der Waals surface area contributed by atoms with Gasteiger partial charge in [-0.3, -0.25) is 14.4 Å². The Bertz CT molecular complexity index is 1670. The minimum Gasteiger partial charge on any atom is -0.506 e. The fraction of sp³-hybridized carbons (Fsp3) is 0.226. The van der Waals surface area contributed by atoms with E-state index in [1.165, 1.54) is 24.4 Å². The molecule has 0 spiro atoms. The number of hydrogen-bond acceptors (Lipinski definition) is 7. The summed E-state index contributed by atoms with van der Waals surface area (Å²) in [5.41, 5.74) is 1.02. The summed E-state index contributed by atoms with van der Waals surface area (Å²) in [5, 5.41) is 19.5. The largest absolute Gasteiger partial charge is 0.506 e. The zero-order valence-electron chi connectivity index (χ0n) is 23.0. The van der Waals surface area contributed by atoms with Crippen LogP contribution < -0.4 is 21.5 Å². The minimum atomic E-state index is -0.653. The zero-order valence-corrected chi connectivity index (χ0v) is 24.5. The molecule has 4 N–H and O–H groups in total. The van der Waals surface area contributed by atoms with Crippen LogP contribution in [0, 0.1) is 0 Å². The second-order valence-corrected chi connectivity index (χ2v) is 10.8. The topological polar surface area (TPSA) is 135 Å². The quantitative estimate of drug-likeness (QED) is 0.189. The van der Waals surface area contributed by atoms with Crippen molar-refractivity contribution >= 4 is 46.5 Å². The molecular formula is C31H29Cl2N5O5. The average molecular weight is 623 g/mol. The molecule has 1 aliphatic rings. The van der Waals surface area contributed by atoms with Gasteiger partial charge >= 0.3 is 0 Å². The first kappa shape index (κ1) is 30.2. The monoisotopic (exact) mass is 621 g/mol. The number of carbonyl (C=O) groups excluding carboxylic acids is 2. The first-order valence-electron chi connectivity index (χ1n) is 13.7. The predicted octanol–water partition coefficient (Wildman–Crippen LogP) is 5.20. The van der Waals surface area contributed by atoms with Crippen LogP contribution in [-0.4, -0.2) is 52.3 Å². The Labute approximate surface area is 257 Å². The van der Waals surface area contributed by atoms with Crippen molar-refractivity contribution in [3.05, 3.63) is 105 Å². The van der Waals surface area contributed by atoms with Gasteiger partial charge in [0, 0.05) is 41.2 Å². The number of rotatable bonds is 9. The van der Waals surface area contributed by atoms with E-state index in [1.54, 1.807) is 53.2 Å². The summed E-state index contributed by atoms with van der Waals surface area (Å²) in [6.45, 7) is 2.76. The smallest absolute Gasteiger partial charge is 0.259 e. The van der Waals surface area contributed by atoms with Crippen molar-refractivity contribution < 1.29 is 19.4 Å². The van der Waals surface area contributed by atoms with Gasteiger partial charge in [0.15, 0.2) is 0 Å². The van der Waals surface area contributed by atoms with Gasteiger partial charge in [-0.15, -0.1) is 0 Å². The van der Waals surface area contributed by atoms with Crippen LogP contribution in [0.3, 0.4) is 0 Å². The van der Waals surface area contributed by atoms with Gasteiger partial charge in [0.05, 0.1) is 29.0 Å². The van der Waals surface area contributed by atoms with Crippen LogP contribution in [0.1, 0.15) is 33.6 Å². The molecule has 0 unspecified atom stereocenters. The molecule has 0 radical (unpaired) electrons. The number of piperidine rings is 1. The maximum Gasteiger partial charge on any atom is 0.259 e. The molecule has 12 heteroatoms. The number of pyridine rings is 2. The van der Waals surface area contributed by atoms with Crippen LogP contribution in [0.5, 0.6) is 5.75 Å². The van der Waals surface area contributed by atoms with Gasteiger partial charge in [-0.2, -0.15) is 0 Å². The Hall–Kier alpha value is -4.22. The molecule has 1 fully saturated rings. The van der Waals surface area contributed by atoms with Crippen molar-refractivity contribution in [1.82, 2.24) is 14.9 Å². The van der Waals surface area contributed by atoms with Crippen LogP contribution in [0.4, 0.5) is 11.5 Å². The number of halogens is 2. The number of phenols is 1. The lowest BCUT2D eigenvalue weighted by Crippen LogP contribution is -2.33. The standard InChI is InChI=1S/C31H29Cl2N5O5/c32-21-7-8-27(35-18-21)36-30(41)25-16-22(33)17-26(39)28(25)37-29(40)20-5-3-19(4-6-20)24-2-1-13-38(31(24)42)14-15-43-23-9-11-34-12-10-23/h1-8,13,16-18,23,34,39H,9-12,14-15H2,(H,37,40)(H,35,36,41). The molecule has 3 heterocycles. The molecule has 0 aliphatic carbocycles. The maximum absolute atomic E-state index is 13.2. The number of aromatic nitrogens is 2. The lowest BCUT2D eigenvalue weighted by molar-refractivity contribution is 0.0281. The van der Waals surface area contributed by atoms with E-state index in [4.69, 9.17) is 27.9 Å². The molecule has 0 atom stereocenters. The molecule has 2 aromatic heterocycles. The van der Waals surface area contributed by atoms with Crippen LogP contribution in [0.2, 0.25) is 10.0 Å². The number of anilines is 2. The van der Waals surface area contributed by atoms with E-state index < -0.39 is 11.8 Å². The van der Waals surface area contributed by atoms with Gasteiger partial charge < -0.3 is 30.4 Å². The maximum atomic E-state index is 13.2. The zero-order chi connectivity index (χ0) is 30.3. The normalized spacial score (nSPS) is 13.4. The molecule has 1 saturated heterocycles. The molecule has 2 aromatic carbocycles. The number of benzene rings is 2. The lowest BCUT2D eigenvalue weighted by Gasteiger charge is -2.23. The van der Waals surface area contributed by atoms with Gasteiger partial charge in [0.25, 0.3) is 17.4 Å². The van der Waals surface area contributed by atoms with Gasteiger partial charge in [0.2, 0.25) is 0 Å². The Morgan fingerprint density at radius 2 is 1.77 bits per heavy atom. The van der Waals surface area contributed by atoms with E-state index in [1.807, 2.05) is 0 Å². The Balaban J connectivity index is 1.28. The van der Waals surface area contributed by atoms with Crippen molar-refractivity contribution in [2.24, 2.45) is 0 Å². The number of hydrogen-bond donors (Lipinski definition) is 4. The molecule has 222 valence electrons. The molecular weight excluding hydrogens is 593 g/mol. The molecule has 10 nitrogen and oxygen atoms in total. The van der Waals surface area contributed by atoms with Crippen LogP contribution in [0.25, 0.3) is 11.1 Å². The van der Waals surface area contributed by atoms with Crippen LogP contribution in [-0.2, 0) is 11.3 Å². The minimum absolute atomic E-state index is 0.0688. The van der Waals surface area contributed by atoms with Gasteiger partial charge in [-0.05, 0) is 74.0 Å². The highest BCUT2D eigenvalue weighted by Crippen LogP contribution is 2.32. The average Bonchev–Trinajstić information content (AvgIpc) is 3.01. The summed E-state index contributed by atoms with van der Waals surface area (Å²) in [5.74, 6) is -1.40. The van der Waals surface area contributed by atoms with E-state index in [-0.39, 0.29) is 45.1 Å². The highest BCUT2D eigenvalue weighted by atomic mass is 35.5. The highest BCUT2D eigenvalue weighted by molar-refractivity contribution is 6.32. The van der Waals surface area contributed by atoms with E-state index in [2.05, 4.69) is 20.9 Å². The van der Waals surface area contributed by atoms with Gasteiger partial charge in [-0.1, -0.05) is 35.3 Å². The third-order valence-corrected chi connectivity index (χ3v) is 7.43. The second kappa shape index (κ2) is 13.8. The Morgan fingerprint density at radius 1 is 1.00 bits per heavy atom. The molecule has 5 rings (SSSR count). The number of carbonyl (C=O) groups is 2. The molecule has 2 amide bonds. The Kier molecular flexibility index (Phi) is 9.73. The van der Waals surface area contributed by atoms with Gasteiger partial charge in [-0.25, -0.2) is 4.98 Å². The number of amides is 2. The first-order valence-corrected chi connectivity index (χ1v) is 14.4. The molecule has 1 aliphatic heterocycles. The molecule has 0 saturated carbocycles. The number of nitrogens with zero attached hydrogens (tertiary/aromatic N) is 2. The molecule has 43 heavy (non-hydrogen) atoms. The molecule has 4 aromatic rings. The Morgan fingerprint density at radius 3 is 2.49 bits per heavy atom. The van der Waals surface area contributed by atoms with Crippen molar-refractivity contribution in [1.29, 1.82) is 0 Å².